The van der Waals surface area contributed by atoms with Crippen LogP contribution in [-0.2, 0) is 11.3 Å². The van der Waals surface area contributed by atoms with Crippen molar-refractivity contribution in [1.82, 2.24) is 15.5 Å². The molecule has 8 heteroatoms. The Kier molecular flexibility index (Phi) is 7.65. The topological polar surface area (TPSA) is 87.5 Å². The highest BCUT2D eigenvalue weighted by Crippen LogP contribution is 2.19. The first-order valence-corrected chi connectivity index (χ1v) is 10.3. The fourth-order valence-corrected chi connectivity index (χ4v) is 3.62. The van der Waals surface area contributed by atoms with Crippen LogP contribution in [0.25, 0.3) is 0 Å². The van der Waals surface area contributed by atoms with E-state index in [1.54, 1.807) is 0 Å². The molecule has 0 unspecified atom stereocenters. The van der Waals surface area contributed by atoms with Gasteiger partial charge in [-0.15, -0.1) is 0 Å². The summed E-state index contributed by atoms with van der Waals surface area (Å²) in [5.74, 6) is -0.995. The molecule has 1 heterocycles. The van der Waals surface area contributed by atoms with E-state index >= 15 is 0 Å². The molecule has 6 nitrogen and oxygen atoms in total. The van der Waals surface area contributed by atoms with Crippen LogP contribution in [0.4, 0.5) is 10.1 Å². The molecule has 1 saturated heterocycles. The minimum atomic E-state index is -0.572. The number of rotatable bonds is 7. The number of carbonyl (C=O) groups is 2. The molecule has 2 aromatic carbocycles. The van der Waals surface area contributed by atoms with Gasteiger partial charge in [0.15, 0.2) is 0 Å². The van der Waals surface area contributed by atoms with E-state index in [2.05, 4.69) is 15.5 Å². The lowest BCUT2D eigenvalue weighted by Gasteiger charge is -2.32. The van der Waals surface area contributed by atoms with Crippen molar-refractivity contribution >= 4 is 29.1 Å². The van der Waals surface area contributed by atoms with Crippen LogP contribution in [0.1, 0.15) is 28.8 Å². The van der Waals surface area contributed by atoms with Gasteiger partial charge in [-0.25, -0.2) is 4.39 Å². The van der Waals surface area contributed by atoms with Gasteiger partial charge < -0.3 is 16.4 Å². The molecule has 0 atom stereocenters. The molecular weight excluding hydrogens is 407 g/mol. The van der Waals surface area contributed by atoms with Gasteiger partial charge in [0.1, 0.15) is 5.82 Å². The summed E-state index contributed by atoms with van der Waals surface area (Å²) in [5, 5.41) is 6.08. The quantitative estimate of drug-likeness (QED) is 0.587. The van der Waals surface area contributed by atoms with Crippen molar-refractivity contribution in [1.29, 1.82) is 0 Å². The zero-order chi connectivity index (χ0) is 21.5. The summed E-state index contributed by atoms with van der Waals surface area (Å²) in [7, 11) is 0. The third-order valence-electron chi connectivity index (χ3n) is 5.28. The van der Waals surface area contributed by atoms with Gasteiger partial charge in [0.05, 0.1) is 12.1 Å². The van der Waals surface area contributed by atoms with Crippen LogP contribution < -0.4 is 16.4 Å². The van der Waals surface area contributed by atoms with Crippen molar-refractivity contribution in [3.63, 3.8) is 0 Å². The Morgan fingerprint density at radius 1 is 1.10 bits per heavy atom. The van der Waals surface area contributed by atoms with E-state index in [1.807, 2.05) is 24.3 Å². The van der Waals surface area contributed by atoms with Crippen molar-refractivity contribution in [2.45, 2.75) is 19.4 Å². The lowest BCUT2D eigenvalue weighted by molar-refractivity contribution is -0.120. The van der Waals surface area contributed by atoms with E-state index in [1.165, 1.54) is 17.7 Å². The third-order valence-corrected chi connectivity index (χ3v) is 5.54. The molecular formula is C22H26ClFN4O2. The molecule has 30 heavy (non-hydrogen) atoms. The van der Waals surface area contributed by atoms with Gasteiger partial charge >= 0.3 is 0 Å². The van der Waals surface area contributed by atoms with Crippen molar-refractivity contribution in [3.8, 4) is 0 Å². The predicted molar refractivity (Wildman–Crippen MR) is 116 cm³/mol. The normalized spacial score (nSPS) is 15.0. The van der Waals surface area contributed by atoms with Crippen molar-refractivity contribution in [2.24, 2.45) is 5.92 Å². The Labute approximate surface area is 180 Å². The number of amides is 2. The van der Waals surface area contributed by atoms with Crippen LogP contribution in [0.3, 0.4) is 0 Å². The largest absolute Gasteiger partial charge is 0.398 e. The highest BCUT2D eigenvalue weighted by Gasteiger charge is 2.20. The SMILES string of the molecule is Nc1ccc(F)cc1C(=O)NCC(=O)NCC1CCN(Cc2ccc(Cl)cc2)CC1. The average molecular weight is 433 g/mol. The Morgan fingerprint density at radius 2 is 1.80 bits per heavy atom. The summed E-state index contributed by atoms with van der Waals surface area (Å²) >= 11 is 5.93. The van der Waals surface area contributed by atoms with Gasteiger partial charge in [0.2, 0.25) is 5.91 Å². The molecule has 1 aliphatic rings. The second kappa shape index (κ2) is 10.4. The second-order valence-corrected chi connectivity index (χ2v) is 8.00. The number of likely N-dealkylation sites (tertiary alicyclic amines) is 1. The van der Waals surface area contributed by atoms with Gasteiger partial charge in [-0.1, -0.05) is 23.7 Å². The van der Waals surface area contributed by atoms with Crippen LogP contribution in [0, 0.1) is 11.7 Å². The van der Waals surface area contributed by atoms with Gasteiger partial charge in [-0.2, -0.15) is 0 Å². The lowest BCUT2D eigenvalue weighted by Crippen LogP contribution is -2.41. The van der Waals surface area contributed by atoms with Gasteiger partial charge in [0.25, 0.3) is 5.91 Å². The maximum atomic E-state index is 13.3. The van der Waals surface area contributed by atoms with Crippen molar-refractivity contribution in [3.05, 3.63) is 64.4 Å². The molecule has 3 rings (SSSR count). The van der Waals surface area contributed by atoms with E-state index in [0.29, 0.717) is 12.5 Å². The van der Waals surface area contributed by atoms with Crippen molar-refractivity contribution in [2.75, 3.05) is 31.9 Å². The maximum Gasteiger partial charge on any atom is 0.253 e. The molecule has 2 amide bonds. The van der Waals surface area contributed by atoms with E-state index < -0.39 is 11.7 Å². The smallest absolute Gasteiger partial charge is 0.253 e. The number of nitrogens with one attached hydrogen (secondary N) is 2. The minimum absolute atomic E-state index is 0.0239. The molecule has 0 aliphatic carbocycles. The Morgan fingerprint density at radius 3 is 2.50 bits per heavy atom. The number of nitrogens with two attached hydrogens (primary N) is 1. The summed E-state index contributed by atoms with van der Waals surface area (Å²) in [6.07, 6.45) is 2.00. The van der Waals surface area contributed by atoms with E-state index in [4.69, 9.17) is 17.3 Å². The number of carbonyl (C=O) groups excluding carboxylic acids is 2. The first kappa shape index (κ1) is 22.1. The second-order valence-electron chi connectivity index (χ2n) is 7.56. The molecule has 1 aliphatic heterocycles. The molecule has 0 radical (unpaired) electrons. The first-order chi connectivity index (χ1) is 14.4. The predicted octanol–water partition coefficient (Wildman–Crippen LogP) is 2.82. The summed E-state index contributed by atoms with van der Waals surface area (Å²) < 4.78 is 13.3. The highest BCUT2D eigenvalue weighted by molar-refractivity contribution is 6.30. The molecule has 2 aromatic rings. The highest BCUT2D eigenvalue weighted by atomic mass is 35.5. The monoisotopic (exact) mass is 432 g/mol. The first-order valence-electron chi connectivity index (χ1n) is 9.97. The number of hydrogen-bond donors (Lipinski definition) is 3. The summed E-state index contributed by atoms with van der Waals surface area (Å²) in [6, 6.07) is 11.4. The maximum absolute atomic E-state index is 13.3. The fraction of sp³-hybridized carbons (Fsp3) is 0.364. The molecule has 0 aromatic heterocycles. The number of anilines is 1. The molecule has 1 fully saturated rings. The molecule has 0 spiro atoms. The Hall–Kier alpha value is -2.64. The molecule has 160 valence electrons. The zero-order valence-corrected chi connectivity index (χ0v) is 17.4. The number of hydrogen-bond acceptors (Lipinski definition) is 4. The van der Waals surface area contributed by atoms with Crippen LogP contribution in [0.15, 0.2) is 42.5 Å². The minimum Gasteiger partial charge on any atom is -0.398 e. The number of nitrogens with zero attached hydrogens (tertiary/aromatic N) is 1. The number of benzene rings is 2. The van der Waals surface area contributed by atoms with E-state index in [-0.39, 0.29) is 23.7 Å². The van der Waals surface area contributed by atoms with Gasteiger partial charge in [-0.05, 0) is 67.7 Å². The van der Waals surface area contributed by atoms with E-state index in [9.17, 15) is 14.0 Å². The summed E-state index contributed by atoms with van der Waals surface area (Å²) in [4.78, 5) is 26.5. The number of piperidine rings is 1. The van der Waals surface area contributed by atoms with Gasteiger partial charge in [-0.3, -0.25) is 14.5 Å². The van der Waals surface area contributed by atoms with Gasteiger partial charge in [0, 0.05) is 23.8 Å². The van der Waals surface area contributed by atoms with Crippen molar-refractivity contribution < 1.29 is 14.0 Å². The summed E-state index contributed by atoms with van der Waals surface area (Å²) in [5.41, 5.74) is 7.11. The van der Waals surface area contributed by atoms with Crippen LogP contribution in [-0.4, -0.2) is 42.9 Å². The van der Waals surface area contributed by atoms with E-state index in [0.717, 1.165) is 43.6 Å². The summed E-state index contributed by atoms with van der Waals surface area (Å²) in [6.45, 7) is 3.23. The third kappa shape index (κ3) is 6.43. The number of nitrogen functional groups attached to an aromatic ring is 1. The molecule has 4 N–H and O–H groups in total. The standard InChI is InChI=1S/C22H26ClFN4O2/c23-17-3-1-16(2-4-17)14-28-9-7-15(8-10-28)12-26-21(29)13-27-22(30)19-11-18(24)5-6-20(19)25/h1-6,11,15H,7-10,12-14,25H2,(H,26,29)(H,27,30). The molecule has 0 bridgehead atoms. The van der Waals surface area contributed by atoms with Crippen LogP contribution in [0.2, 0.25) is 5.02 Å². The molecule has 0 saturated carbocycles. The Balaban J connectivity index is 1.35. The van der Waals surface area contributed by atoms with Crippen LogP contribution in [0.5, 0.6) is 0 Å². The Bertz CT molecular complexity index is 883. The lowest BCUT2D eigenvalue weighted by atomic mass is 9.96. The van der Waals surface area contributed by atoms with Crippen LogP contribution >= 0.6 is 11.6 Å². The fourth-order valence-electron chi connectivity index (χ4n) is 3.50. The number of halogens is 2. The average Bonchev–Trinajstić information content (AvgIpc) is 2.75. The zero-order valence-electron chi connectivity index (χ0n) is 16.7.